The number of carbonyl (C=O) groups is 1. The third kappa shape index (κ3) is 3.02. The van der Waals surface area contributed by atoms with E-state index >= 15 is 0 Å². The van der Waals surface area contributed by atoms with Gasteiger partial charge in [-0.1, -0.05) is 30.3 Å². The molecule has 4 nitrogen and oxygen atoms in total. The van der Waals surface area contributed by atoms with Gasteiger partial charge in [0.2, 0.25) is 0 Å². The monoisotopic (exact) mass is 325 g/mol. The number of nitrogens with zero attached hydrogens (tertiary/aromatic N) is 2. The van der Waals surface area contributed by atoms with Crippen LogP contribution >= 0.6 is 11.3 Å². The average molecular weight is 325 g/mol. The Bertz CT molecular complexity index is 771. The Morgan fingerprint density at radius 3 is 2.61 bits per heavy atom. The van der Waals surface area contributed by atoms with E-state index in [0.717, 1.165) is 42.9 Å². The topological polar surface area (TPSA) is 39.3 Å². The summed E-state index contributed by atoms with van der Waals surface area (Å²) in [6.07, 6.45) is 0. The van der Waals surface area contributed by atoms with Crippen LogP contribution in [0.5, 0.6) is 0 Å². The first-order chi connectivity index (χ1) is 11.3. The highest BCUT2D eigenvalue weighted by Crippen LogP contribution is 2.22. The van der Waals surface area contributed by atoms with Crippen LogP contribution in [0, 0.1) is 0 Å². The van der Waals surface area contributed by atoms with Gasteiger partial charge in [-0.05, 0) is 23.1 Å². The van der Waals surface area contributed by atoms with Crippen molar-refractivity contribution in [2.75, 3.05) is 26.2 Å². The van der Waals surface area contributed by atoms with E-state index < -0.39 is 0 Å². The van der Waals surface area contributed by atoms with Gasteiger partial charge in [-0.25, -0.2) is 0 Å². The predicted molar refractivity (Wildman–Crippen MR) is 93.8 cm³/mol. The Morgan fingerprint density at radius 2 is 1.87 bits per heavy atom. The molecule has 1 aliphatic heterocycles. The highest BCUT2D eigenvalue weighted by Gasteiger charge is 2.23. The van der Waals surface area contributed by atoms with Crippen LogP contribution < -0.4 is 0 Å². The van der Waals surface area contributed by atoms with Gasteiger partial charge in [0.05, 0.1) is 10.2 Å². The van der Waals surface area contributed by atoms with Crippen LogP contribution in [0.3, 0.4) is 0 Å². The van der Waals surface area contributed by atoms with Crippen molar-refractivity contribution in [2.24, 2.45) is 0 Å². The van der Waals surface area contributed by atoms with E-state index in [1.807, 2.05) is 28.5 Å². The standard InChI is InChI=1S/C18H19N3OS/c22-18(16-12-17-15(19-16)6-11-23-17)21-9-7-20(8-10-21)13-14-4-2-1-3-5-14/h1-6,11-12,19H,7-10,13H2. The highest BCUT2D eigenvalue weighted by atomic mass is 32.1. The van der Waals surface area contributed by atoms with Crippen molar-refractivity contribution in [1.82, 2.24) is 14.8 Å². The van der Waals surface area contributed by atoms with Crippen LogP contribution in [0.1, 0.15) is 16.1 Å². The Hall–Kier alpha value is -2.11. The van der Waals surface area contributed by atoms with Crippen LogP contribution in [-0.2, 0) is 6.54 Å². The zero-order valence-electron chi connectivity index (χ0n) is 12.9. The molecule has 0 atom stereocenters. The normalized spacial score (nSPS) is 16.1. The lowest BCUT2D eigenvalue weighted by atomic mass is 10.2. The lowest BCUT2D eigenvalue weighted by molar-refractivity contribution is 0.0623. The molecule has 1 aromatic carbocycles. The third-order valence-electron chi connectivity index (χ3n) is 4.38. The zero-order chi connectivity index (χ0) is 15.6. The van der Waals surface area contributed by atoms with Crippen molar-refractivity contribution < 1.29 is 4.79 Å². The first kappa shape index (κ1) is 14.5. The molecule has 4 rings (SSSR count). The van der Waals surface area contributed by atoms with Crippen molar-refractivity contribution in [1.29, 1.82) is 0 Å². The number of thiophene rings is 1. The van der Waals surface area contributed by atoms with Gasteiger partial charge >= 0.3 is 0 Å². The molecule has 3 heterocycles. The molecule has 0 aliphatic carbocycles. The van der Waals surface area contributed by atoms with E-state index in [-0.39, 0.29) is 5.91 Å². The molecule has 2 aromatic heterocycles. The Kier molecular flexibility index (Phi) is 3.89. The lowest BCUT2D eigenvalue weighted by Crippen LogP contribution is -2.48. The number of aromatic nitrogens is 1. The number of carbonyl (C=O) groups excluding carboxylic acids is 1. The number of benzene rings is 1. The van der Waals surface area contributed by atoms with Crippen molar-refractivity contribution in [3.63, 3.8) is 0 Å². The first-order valence-corrected chi connectivity index (χ1v) is 8.79. The Morgan fingerprint density at radius 1 is 1.09 bits per heavy atom. The summed E-state index contributed by atoms with van der Waals surface area (Å²) in [4.78, 5) is 20.2. The fourth-order valence-corrected chi connectivity index (χ4v) is 3.87. The maximum Gasteiger partial charge on any atom is 0.270 e. The van der Waals surface area contributed by atoms with Gasteiger partial charge < -0.3 is 9.88 Å². The minimum Gasteiger partial charge on any atom is -0.350 e. The maximum atomic E-state index is 12.6. The van der Waals surface area contributed by atoms with Gasteiger partial charge in [0, 0.05) is 32.7 Å². The minimum absolute atomic E-state index is 0.118. The maximum absolute atomic E-state index is 12.6. The number of H-pyrrole nitrogens is 1. The van der Waals surface area contributed by atoms with E-state index in [9.17, 15) is 4.79 Å². The van der Waals surface area contributed by atoms with E-state index in [4.69, 9.17) is 0 Å². The third-order valence-corrected chi connectivity index (χ3v) is 5.24. The molecule has 118 valence electrons. The Balaban J connectivity index is 1.37. The molecule has 1 aliphatic rings. The lowest BCUT2D eigenvalue weighted by Gasteiger charge is -2.34. The summed E-state index contributed by atoms with van der Waals surface area (Å²) in [5.74, 6) is 0.118. The second kappa shape index (κ2) is 6.18. The van der Waals surface area contributed by atoms with E-state index in [0.29, 0.717) is 5.69 Å². The molecule has 0 saturated carbocycles. The molecule has 3 aromatic rings. The molecule has 0 radical (unpaired) electrons. The van der Waals surface area contributed by atoms with Gasteiger partial charge in [-0.15, -0.1) is 11.3 Å². The number of amides is 1. The van der Waals surface area contributed by atoms with E-state index in [1.54, 1.807) is 11.3 Å². The molecule has 0 unspecified atom stereocenters. The largest absolute Gasteiger partial charge is 0.350 e. The number of fused-ring (bicyclic) bond motifs is 1. The summed E-state index contributed by atoms with van der Waals surface area (Å²) in [5.41, 5.74) is 3.10. The number of hydrogen-bond acceptors (Lipinski definition) is 3. The highest BCUT2D eigenvalue weighted by molar-refractivity contribution is 7.17. The van der Waals surface area contributed by atoms with Crippen LogP contribution in [-0.4, -0.2) is 46.9 Å². The average Bonchev–Trinajstić information content (AvgIpc) is 3.17. The first-order valence-electron chi connectivity index (χ1n) is 7.91. The molecule has 1 saturated heterocycles. The fraction of sp³-hybridized carbons (Fsp3) is 0.278. The molecule has 1 N–H and O–H groups in total. The van der Waals surface area contributed by atoms with Crippen LogP contribution in [0.25, 0.3) is 10.2 Å². The smallest absolute Gasteiger partial charge is 0.270 e. The van der Waals surface area contributed by atoms with Crippen molar-refractivity contribution in [2.45, 2.75) is 6.54 Å². The Labute approximate surface area is 139 Å². The molecule has 0 bridgehead atoms. The molecule has 5 heteroatoms. The van der Waals surface area contributed by atoms with Gasteiger partial charge in [-0.3, -0.25) is 9.69 Å². The zero-order valence-corrected chi connectivity index (χ0v) is 13.7. The minimum atomic E-state index is 0.118. The summed E-state index contributed by atoms with van der Waals surface area (Å²) in [5, 5.41) is 2.04. The van der Waals surface area contributed by atoms with Crippen molar-refractivity contribution in [3.8, 4) is 0 Å². The van der Waals surface area contributed by atoms with Gasteiger partial charge in [0.1, 0.15) is 5.69 Å². The van der Waals surface area contributed by atoms with E-state index in [2.05, 4.69) is 34.1 Å². The van der Waals surface area contributed by atoms with Crippen molar-refractivity contribution >= 4 is 27.5 Å². The quantitative estimate of drug-likeness (QED) is 0.803. The fourth-order valence-electron chi connectivity index (χ4n) is 3.08. The summed E-state index contributed by atoms with van der Waals surface area (Å²) in [6, 6.07) is 14.5. The molecule has 23 heavy (non-hydrogen) atoms. The van der Waals surface area contributed by atoms with E-state index in [1.165, 1.54) is 5.56 Å². The second-order valence-electron chi connectivity index (χ2n) is 5.94. The second-order valence-corrected chi connectivity index (χ2v) is 6.88. The SMILES string of the molecule is O=C(c1cc2sccc2[nH]1)N1CCN(Cc2ccccc2)CC1. The number of piperazine rings is 1. The van der Waals surface area contributed by atoms with Gasteiger partial charge in [-0.2, -0.15) is 0 Å². The molecular formula is C18H19N3OS. The number of aromatic amines is 1. The van der Waals surface area contributed by atoms with Gasteiger partial charge in [0.25, 0.3) is 5.91 Å². The molecule has 1 amide bonds. The molecule has 1 fully saturated rings. The molecular weight excluding hydrogens is 306 g/mol. The number of rotatable bonds is 3. The van der Waals surface area contributed by atoms with Crippen LogP contribution in [0.2, 0.25) is 0 Å². The number of hydrogen-bond donors (Lipinski definition) is 1. The summed E-state index contributed by atoms with van der Waals surface area (Å²) in [6.45, 7) is 4.39. The summed E-state index contributed by atoms with van der Waals surface area (Å²) in [7, 11) is 0. The van der Waals surface area contributed by atoms with Crippen LogP contribution in [0.4, 0.5) is 0 Å². The summed E-state index contributed by atoms with van der Waals surface area (Å²) >= 11 is 1.66. The van der Waals surface area contributed by atoms with Crippen LogP contribution in [0.15, 0.2) is 47.8 Å². The summed E-state index contributed by atoms with van der Waals surface area (Å²) < 4.78 is 1.15. The van der Waals surface area contributed by atoms with Crippen molar-refractivity contribution in [3.05, 3.63) is 59.1 Å². The predicted octanol–water partition coefficient (Wildman–Crippen LogP) is 3.19. The molecule has 0 spiro atoms. The number of nitrogens with one attached hydrogen (secondary N) is 1. The van der Waals surface area contributed by atoms with Gasteiger partial charge in [0.15, 0.2) is 0 Å².